The summed E-state index contributed by atoms with van der Waals surface area (Å²) in [5.74, 6) is 0.642. The summed E-state index contributed by atoms with van der Waals surface area (Å²) in [6.45, 7) is 0.395. The predicted octanol–water partition coefficient (Wildman–Crippen LogP) is 6.66. The van der Waals surface area contributed by atoms with Crippen LogP contribution in [-0.2, 0) is 11.4 Å². The van der Waals surface area contributed by atoms with Gasteiger partial charge in [-0.05, 0) is 53.6 Å². The number of para-hydroxylation sites is 1. The molecule has 1 aliphatic rings. The van der Waals surface area contributed by atoms with E-state index in [0.29, 0.717) is 21.6 Å². The summed E-state index contributed by atoms with van der Waals surface area (Å²) in [6, 6.07) is 20.8. The molecule has 1 heterocycles. The van der Waals surface area contributed by atoms with Crippen molar-refractivity contribution < 1.29 is 9.53 Å². The van der Waals surface area contributed by atoms with E-state index in [9.17, 15) is 4.79 Å². The third kappa shape index (κ3) is 4.36. The topological polar surface area (TPSA) is 38.3 Å². The molecule has 28 heavy (non-hydrogen) atoms. The lowest BCUT2D eigenvalue weighted by Gasteiger charge is -2.18. The third-order valence-electron chi connectivity index (χ3n) is 4.15. The lowest BCUT2D eigenvalue weighted by atomic mass is 10.2. The smallest absolute Gasteiger partial charge is 0.262 e. The number of amides is 1. The van der Waals surface area contributed by atoms with Crippen molar-refractivity contribution >= 4 is 52.6 Å². The van der Waals surface area contributed by atoms with Crippen molar-refractivity contribution in [1.82, 2.24) is 0 Å². The van der Waals surface area contributed by atoms with Gasteiger partial charge < -0.3 is 10.1 Å². The Morgan fingerprint density at radius 3 is 2.54 bits per heavy atom. The highest BCUT2D eigenvalue weighted by Crippen LogP contribution is 2.38. The molecule has 0 aromatic heterocycles. The fourth-order valence-electron chi connectivity index (χ4n) is 2.71. The normalized spacial score (nSPS) is 14.5. The van der Waals surface area contributed by atoms with Crippen LogP contribution in [0.25, 0.3) is 6.08 Å². The molecule has 4 rings (SSSR count). The second kappa shape index (κ2) is 8.31. The summed E-state index contributed by atoms with van der Waals surface area (Å²) in [5.41, 5.74) is 2.72. The Labute approximate surface area is 177 Å². The highest BCUT2D eigenvalue weighted by atomic mass is 35.5. The van der Waals surface area contributed by atoms with Crippen LogP contribution in [0, 0.1) is 0 Å². The molecule has 0 fully saturated rings. The van der Waals surface area contributed by atoms with Crippen LogP contribution in [0.1, 0.15) is 11.1 Å². The molecule has 0 bridgehead atoms. The maximum atomic E-state index is 12.3. The lowest BCUT2D eigenvalue weighted by molar-refractivity contribution is -0.112. The van der Waals surface area contributed by atoms with Gasteiger partial charge in [-0.1, -0.05) is 65.3 Å². The first-order valence-corrected chi connectivity index (χ1v) is 10.1. The van der Waals surface area contributed by atoms with E-state index in [1.54, 1.807) is 12.1 Å². The number of ether oxygens (including phenoxy) is 1. The molecule has 0 spiro atoms. The van der Waals surface area contributed by atoms with E-state index in [1.807, 2.05) is 60.7 Å². The molecule has 0 atom stereocenters. The van der Waals surface area contributed by atoms with Crippen LogP contribution < -0.4 is 10.1 Å². The van der Waals surface area contributed by atoms with Gasteiger partial charge in [0.2, 0.25) is 0 Å². The van der Waals surface area contributed by atoms with Gasteiger partial charge >= 0.3 is 0 Å². The standard InChI is InChI=1S/C22H15Cl2NO2S/c23-17-10-7-15(11-18(17)24)13-27-16-8-5-14(6-9-16)12-21-22(26)25-19-3-1-2-4-20(19)28-21/h1-12H,13H2,(H,25,26)/b21-12-. The molecule has 6 heteroatoms. The number of hydrogen-bond acceptors (Lipinski definition) is 3. The Morgan fingerprint density at radius 1 is 0.964 bits per heavy atom. The van der Waals surface area contributed by atoms with Gasteiger partial charge in [-0.25, -0.2) is 0 Å². The minimum absolute atomic E-state index is 0.0938. The summed E-state index contributed by atoms with van der Waals surface area (Å²) < 4.78 is 5.79. The second-order valence-corrected chi connectivity index (χ2v) is 8.07. The molecular formula is C22H15Cl2NO2S. The number of fused-ring (bicyclic) bond motifs is 1. The number of carbonyl (C=O) groups is 1. The largest absolute Gasteiger partial charge is 0.489 e. The Bertz CT molecular complexity index is 1060. The maximum Gasteiger partial charge on any atom is 0.262 e. The molecule has 0 saturated carbocycles. The fourth-order valence-corrected chi connectivity index (χ4v) is 3.98. The van der Waals surface area contributed by atoms with E-state index in [0.717, 1.165) is 27.5 Å². The number of rotatable bonds is 4. The molecule has 1 aliphatic heterocycles. The van der Waals surface area contributed by atoms with Crippen LogP contribution >= 0.6 is 35.0 Å². The Kier molecular flexibility index (Phi) is 5.62. The van der Waals surface area contributed by atoms with Gasteiger partial charge in [0.25, 0.3) is 5.91 Å². The summed E-state index contributed by atoms with van der Waals surface area (Å²) in [5, 5.41) is 3.95. The molecule has 1 amide bonds. The van der Waals surface area contributed by atoms with Crippen molar-refractivity contribution in [2.45, 2.75) is 11.5 Å². The fraction of sp³-hybridized carbons (Fsp3) is 0.0455. The van der Waals surface area contributed by atoms with E-state index in [-0.39, 0.29) is 5.91 Å². The molecule has 3 aromatic rings. The third-order valence-corrected chi connectivity index (χ3v) is 5.98. The monoisotopic (exact) mass is 427 g/mol. The summed E-state index contributed by atoms with van der Waals surface area (Å²) in [4.78, 5) is 14.0. The van der Waals surface area contributed by atoms with Crippen molar-refractivity contribution in [3.05, 3.63) is 92.8 Å². The van der Waals surface area contributed by atoms with Crippen molar-refractivity contribution in [2.75, 3.05) is 5.32 Å². The summed E-state index contributed by atoms with van der Waals surface area (Å²) in [7, 11) is 0. The zero-order valence-corrected chi connectivity index (χ0v) is 16.9. The minimum atomic E-state index is -0.0938. The van der Waals surface area contributed by atoms with Gasteiger partial charge in [0, 0.05) is 4.90 Å². The highest BCUT2D eigenvalue weighted by molar-refractivity contribution is 8.04. The lowest BCUT2D eigenvalue weighted by Crippen LogP contribution is -2.17. The van der Waals surface area contributed by atoms with Gasteiger partial charge in [0.1, 0.15) is 12.4 Å². The predicted molar refractivity (Wildman–Crippen MR) is 116 cm³/mol. The van der Waals surface area contributed by atoms with Crippen molar-refractivity contribution in [1.29, 1.82) is 0 Å². The number of benzene rings is 3. The quantitative estimate of drug-likeness (QED) is 0.473. The number of hydrogen-bond donors (Lipinski definition) is 1. The van der Waals surface area contributed by atoms with E-state index in [2.05, 4.69) is 5.32 Å². The first kappa shape index (κ1) is 18.9. The van der Waals surface area contributed by atoms with E-state index in [4.69, 9.17) is 27.9 Å². The SMILES string of the molecule is O=C1Nc2ccccc2S/C1=C\c1ccc(OCc2ccc(Cl)c(Cl)c2)cc1. The molecule has 3 aromatic carbocycles. The Balaban J connectivity index is 1.44. The first-order valence-electron chi connectivity index (χ1n) is 8.55. The number of carbonyl (C=O) groups excluding carboxylic acids is 1. The van der Waals surface area contributed by atoms with Crippen molar-refractivity contribution in [3.8, 4) is 5.75 Å². The van der Waals surface area contributed by atoms with E-state index < -0.39 is 0 Å². The second-order valence-electron chi connectivity index (χ2n) is 6.17. The maximum absolute atomic E-state index is 12.3. The molecular weight excluding hydrogens is 413 g/mol. The number of halogens is 2. The van der Waals surface area contributed by atoms with Gasteiger partial charge in [0.05, 0.1) is 20.6 Å². The van der Waals surface area contributed by atoms with Crippen LogP contribution in [0.15, 0.2) is 76.5 Å². The number of thioether (sulfide) groups is 1. The molecule has 3 nitrogen and oxygen atoms in total. The van der Waals surface area contributed by atoms with Gasteiger partial charge in [-0.2, -0.15) is 0 Å². The molecule has 0 saturated heterocycles. The first-order chi connectivity index (χ1) is 13.6. The van der Waals surface area contributed by atoms with Crippen LogP contribution in [0.4, 0.5) is 5.69 Å². The molecule has 0 aliphatic carbocycles. The van der Waals surface area contributed by atoms with Gasteiger partial charge in [0.15, 0.2) is 0 Å². The van der Waals surface area contributed by atoms with Crippen LogP contribution in [0.2, 0.25) is 10.0 Å². The molecule has 0 unspecified atom stereocenters. The summed E-state index contributed by atoms with van der Waals surface area (Å²) in [6.07, 6.45) is 1.87. The highest BCUT2D eigenvalue weighted by Gasteiger charge is 2.20. The number of nitrogens with one attached hydrogen (secondary N) is 1. The minimum Gasteiger partial charge on any atom is -0.489 e. The average Bonchev–Trinajstić information content (AvgIpc) is 2.70. The van der Waals surface area contributed by atoms with Crippen LogP contribution in [0.5, 0.6) is 5.75 Å². The Hall–Kier alpha value is -2.40. The van der Waals surface area contributed by atoms with E-state index >= 15 is 0 Å². The zero-order chi connectivity index (χ0) is 19.5. The average molecular weight is 428 g/mol. The zero-order valence-electron chi connectivity index (χ0n) is 14.6. The Morgan fingerprint density at radius 2 is 1.75 bits per heavy atom. The van der Waals surface area contributed by atoms with Crippen molar-refractivity contribution in [2.24, 2.45) is 0 Å². The van der Waals surface area contributed by atoms with Crippen molar-refractivity contribution in [3.63, 3.8) is 0 Å². The molecule has 140 valence electrons. The van der Waals surface area contributed by atoms with Gasteiger partial charge in [-0.3, -0.25) is 4.79 Å². The van der Waals surface area contributed by atoms with Gasteiger partial charge in [-0.15, -0.1) is 0 Å². The van der Waals surface area contributed by atoms with Crippen LogP contribution in [-0.4, -0.2) is 5.91 Å². The molecule has 1 N–H and O–H groups in total. The summed E-state index contributed by atoms with van der Waals surface area (Å²) >= 11 is 13.4. The number of anilines is 1. The van der Waals surface area contributed by atoms with E-state index in [1.165, 1.54) is 11.8 Å². The van der Waals surface area contributed by atoms with Crippen LogP contribution in [0.3, 0.4) is 0 Å². The molecule has 0 radical (unpaired) electrons.